The number of hydrogen-bond donors (Lipinski definition) is 0. The maximum Gasteiger partial charge on any atom is 0.0649 e. The van der Waals surface area contributed by atoms with Crippen molar-refractivity contribution in [2.24, 2.45) is 5.92 Å². The van der Waals surface area contributed by atoms with E-state index in [1.807, 2.05) is 19.9 Å². The van der Waals surface area contributed by atoms with E-state index in [4.69, 9.17) is 5.26 Å². The normalized spacial score (nSPS) is 13.8. The Kier molecular flexibility index (Phi) is 4.35. The predicted octanol–water partition coefficient (Wildman–Crippen LogP) is 2.34. The summed E-state index contributed by atoms with van der Waals surface area (Å²) in [5.41, 5.74) is 0. The minimum Gasteiger partial charge on any atom is -0.198 e. The highest BCUT2D eigenvalue weighted by Gasteiger charge is 1.95. The third-order valence-corrected chi connectivity index (χ3v) is 0.612. The molecule has 0 atom stereocenters. The van der Waals surface area contributed by atoms with Crippen LogP contribution in [0.15, 0.2) is 0 Å². The molecule has 0 heterocycles. The molecule has 0 aliphatic heterocycles. The van der Waals surface area contributed by atoms with Crippen LogP contribution in [-0.2, 0) is 0 Å². The molecule has 1 aliphatic carbocycles. The zero-order chi connectivity index (χ0) is 6.41. The number of nitriles is 1. The van der Waals surface area contributed by atoms with Crippen molar-refractivity contribution >= 4 is 0 Å². The fourth-order valence-electron chi connectivity index (χ4n) is 0. The van der Waals surface area contributed by atoms with Crippen molar-refractivity contribution in [3.63, 3.8) is 0 Å². The van der Waals surface area contributed by atoms with Crippen molar-refractivity contribution < 1.29 is 0 Å². The van der Waals surface area contributed by atoms with Gasteiger partial charge in [0.25, 0.3) is 0 Å². The van der Waals surface area contributed by atoms with Crippen LogP contribution < -0.4 is 0 Å². The molecule has 0 unspecified atom stereocenters. The molecule has 1 fully saturated rings. The second kappa shape index (κ2) is 4.64. The SMILES string of the molecule is C1CC1.CC(C)C#N. The minimum atomic E-state index is 0.190. The summed E-state index contributed by atoms with van der Waals surface area (Å²) in [5, 5.41) is 7.89. The smallest absolute Gasteiger partial charge is 0.0649 e. The van der Waals surface area contributed by atoms with Gasteiger partial charge in [-0.3, -0.25) is 0 Å². The van der Waals surface area contributed by atoms with Crippen LogP contribution in [0.25, 0.3) is 0 Å². The molecule has 1 heteroatoms. The topological polar surface area (TPSA) is 23.8 Å². The number of hydrogen-bond acceptors (Lipinski definition) is 1. The first-order valence-electron chi connectivity index (χ1n) is 3.17. The lowest BCUT2D eigenvalue weighted by Crippen LogP contribution is -1.72. The van der Waals surface area contributed by atoms with Crippen LogP contribution in [0.5, 0.6) is 0 Å². The van der Waals surface area contributed by atoms with Crippen molar-refractivity contribution in [1.29, 1.82) is 5.26 Å². The van der Waals surface area contributed by atoms with Crippen molar-refractivity contribution in [3.05, 3.63) is 0 Å². The molecular weight excluding hydrogens is 98.1 g/mol. The summed E-state index contributed by atoms with van der Waals surface area (Å²) in [6.45, 7) is 3.72. The molecule has 46 valence electrons. The second-order valence-electron chi connectivity index (χ2n) is 2.34. The molecule has 0 amide bonds. The van der Waals surface area contributed by atoms with Gasteiger partial charge in [-0.25, -0.2) is 0 Å². The van der Waals surface area contributed by atoms with Crippen molar-refractivity contribution in [3.8, 4) is 6.07 Å². The van der Waals surface area contributed by atoms with Crippen LogP contribution in [0.1, 0.15) is 33.1 Å². The summed E-state index contributed by atoms with van der Waals surface area (Å²) in [5.74, 6) is 0.190. The van der Waals surface area contributed by atoms with E-state index < -0.39 is 0 Å². The van der Waals surface area contributed by atoms with Crippen LogP contribution in [0, 0.1) is 17.2 Å². The van der Waals surface area contributed by atoms with Gasteiger partial charge in [-0.15, -0.1) is 0 Å². The molecule has 1 saturated carbocycles. The van der Waals surface area contributed by atoms with Crippen LogP contribution in [-0.4, -0.2) is 0 Å². The lowest BCUT2D eigenvalue weighted by Gasteiger charge is -1.75. The van der Waals surface area contributed by atoms with Gasteiger partial charge in [0, 0.05) is 5.92 Å². The quantitative estimate of drug-likeness (QED) is 0.470. The molecule has 0 spiro atoms. The number of rotatable bonds is 0. The zero-order valence-corrected chi connectivity index (χ0v) is 5.65. The second-order valence-corrected chi connectivity index (χ2v) is 2.34. The van der Waals surface area contributed by atoms with E-state index in [0.29, 0.717) is 0 Å². The summed E-state index contributed by atoms with van der Waals surface area (Å²) in [4.78, 5) is 0. The van der Waals surface area contributed by atoms with E-state index in [9.17, 15) is 0 Å². The van der Waals surface area contributed by atoms with Gasteiger partial charge < -0.3 is 0 Å². The molecule has 0 aromatic heterocycles. The third-order valence-electron chi connectivity index (χ3n) is 0.612. The summed E-state index contributed by atoms with van der Waals surface area (Å²) < 4.78 is 0. The van der Waals surface area contributed by atoms with Crippen molar-refractivity contribution in [2.75, 3.05) is 0 Å². The Labute approximate surface area is 51.3 Å². The monoisotopic (exact) mass is 111 g/mol. The predicted molar refractivity (Wildman–Crippen MR) is 34.3 cm³/mol. The molecule has 1 nitrogen and oxygen atoms in total. The van der Waals surface area contributed by atoms with E-state index >= 15 is 0 Å². The van der Waals surface area contributed by atoms with Gasteiger partial charge in [-0.05, 0) is 13.8 Å². The molecule has 1 rings (SSSR count). The highest BCUT2D eigenvalue weighted by molar-refractivity contribution is 4.72. The lowest BCUT2D eigenvalue weighted by atomic mass is 10.3. The van der Waals surface area contributed by atoms with Crippen LogP contribution in [0.4, 0.5) is 0 Å². The highest BCUT2D eigenvalue weighted by atomic mass is 14.2. The summed E-state index contributed by atoms with van der Waals surface area (Å²) in [6.07, 6.45) is 4.50. The molecule has 8 heavy (non-hydrogen) atoms. The Morgan fingerprint density at radius 1 is 1.25 bits per heavy atom. The average Bonchev–Trinajstić information content (AvgIpc) is 2.48. The third kappa shape index (κ3) is 17.9. The van der Waals surface area contributed by atoms with Crippen LogP contribution >= 0.6 is 0 Å². The van der Waals surface area contributed by atoms with Crippen LogP contribution in [0.2, 0.25) is 0 Å². The van der Waals surface area contributed by atoms with E-state index in [0.717, 1.165) is 0 Å². The minimum absolute atomic E-state index is 0.190. The average molecular weight is 111 g/mol. The fraction of sp³-hybridized carbons (Fsp3) is 0.857. The molecular formula is C7H13N. The standard InChI is InChI=1S/C4H7N.C3H6/c1-4(2)3-5;1-2-3-1/h4H,1-2H3;1-3H2. The Morgan fingerprint density at radius 3 is 1.50 bits per heavy atom. The van der Waals surface area contributed by atoms with E-state index in [1.54, 1.807) is 0 Å². The summed E-state index contributed by atoms with van der Waals surface area (Å²) in [7, 11) is 0. The molecule has 0 saturated heterocycles. The van der Waals surface area contributed by atoms with E-state index in [2.05, 4.69) is 0 Å². The summed E-state index contributed by atoms with van der Waals surface area (Å²) in [6, 6.07) is 2.03. The first-order chi connectivity index (χ1) is 3.77. The molecule has 0 aromatic rings. The first kappa shape index (κ1) is 7.49. The molecule has 1 aliphatic rings. The molecule has 0 aromatic carbocycles. The maximum atomic E-state index is 7.89. The first-order valence-corrected chi connectivity index (χ1v) is 3.17. The lowest BCUT2D eigenvalue weighted by molar-refractivity contribution is 0.849. The van der Waals surface area contributed by atoms with Gasteiger partial charge in [0.05, 0.1) is 6.07 Å². The Hall–Kier alpha value is -0.510. The van der Waals surface area contributed by atoms with Crippen LogP contribution in [0.3, 0.4) is 0 Å². The Morgan fingerprint density at radius 2 is 1.50 bits per heavy atom. The highest BCUT2D eigenvalue weighted by Crippen LogP contribution is 2.14. The van der Waals surface area contributed by atoms with Crippen molar-refractivity contribution in [2.45, 2.75) is 33.1 Å². The molecule has 0 bridgehead atoms. The largest absolute Gasteiger partial charge is 0.198 e. The van der Waals surface area contributed by atoms with Gasteiger partial charge in [0.1, 0.15) is 0 Å². The van der Waals surface area contributed by atoms with Gasteiger partial charge in [0.2, 0.25) is 0 Å². The van der Waals surface area contributed by atoms with E-state index in [-0.39, 0.29) is 5.92 Å². The van der Waals surface area contributed by atoms with E-state index in [1.165, 1.54) is 19.3 Å². The Bertz CT molecular complexity index is 74.1. The van der Waals surface area contributed by atoms with Gasteiger partial charge in [0.15, 0.2) is 0 Å². The van der Waals surface area contributed by atoms with Gasteiger partial charge >= 0.3 is 0 Å². The van der Waals surface area contributed by atoms with Crippen molar-refractivity contribution in [1.82, 2.24) is 0 Å². The number of nitrogens with zero attached hydrogens (tertiary/aromatic N) is 1. The van der Waals surface area contributed by atoms with Gasteiger partial charge in [-0.2, -0.15) is 5.26 Å². The fourth-order valence-corrected chi connectivity index (χ4v) is 0. The zero-order valence-electron chi connectivity index (χ0n) is 5.65. The molecule has 0 radical (unpaired) electrons. The molecule has 0 N–H and O–H groups in total. The Balaban J connectivity index is 0.000000135. The summed E-state index contributed by atoms with van der Waals surface area (Å²) >= 11 is 0. The maximum absolute atomic E-state index is 7.89. The van der Waals surface area contributed by atoms with Gasteiger partial charge in [-0.1, -0.05) is 19.3 Å².